The molecule has 0 N–H and O–H groups in total. The third-order valence-electron chi connectivity index (χ3n) is 4.90. The predicted molar refractivity (Wildman–Crippen MR) is 123 cm³/mol. The van der Waals surface area contributed by atoms with Gasteiger partial charge in [0, 0.05) is 23.4 Å². The van der Waals surface area contributed by atoms with Crippen molar-refractivity contribution in [3.05, 3.63) is 91.6 Å². The summed E-state index contributed by atoms with van der Waals surface area (Å²) in [6.07, 6.45) is 4.81. The highest BCUT2D eigenvalue weighted by Gasteiger charge is 2.20. The lowest BCUT2D eigenvalue weighted by molar-refractivity contribution is -0.385. The number of nitro benzene ring substituents is 1. The Morgan fingerprint density at radius 2 is 2.03 bits per heavy atom. The molecule has 0 spiro atoms. The fraction of sp³-hybridized carbons (Fsp3) is 0.0909. The summed E-state index contributed by atoms with van der Waals surface area (Å²) in [4.78, 5) is 28.4. The van der Waals surface area contributed by atoms with E-state index in [9.17, 15) is 14.9 Å². The molecule has 0 amide bonds. The van der Waals surface area contributed by atoms with Gasteiger partial charge in [-0.3, -0.25) is 14.9 Å². The first kappa shape index (κ1) is 20.5. The van der Waals surface area contributed by atoms with Crippen LogP contribution >= 0.6 is 11.3 Å². The molecule has 0 bridgehead atoms. The fourth-order valence-corrected chi connectivity index (χ4v) is 4.31. The molecule has 0 unspecified atom stereocenters. The van der Waals surface area contributed by atoms with Crippen molar-refractivity contribution >= 4 is 28.1 Å². The van der Waals surface area contributed by atoms with Crippen LogP contribution in [0.3, 0.4) is 0 Å². The lowest BCUT2D eigenvalue weighted by Gasteiger charge is -2.06. The zero-order valence-corrected chi connectivity index (χ0v) is 18.1. The lowest BCUT2D eigenvalue weighted by Crippen LogP contribution is -2.23. The smallest absolute Gasteiger partial charge is 0.311 e. The van der Waals surface area contributed by atoms with E-state index in [2.05, 4.69) is 15.2 Å². The molecule has 0 fully saturated rings. The molecule has 0 aliphatic heterocycles. The molecular formula is C22H16N6O4S. The van der Waals surface area contributed by atoms with Crippen LogP contribution < -0.4 is 14.8 Å². The first-order valence-electron chi connectivity index (χ1n) is 9.96. The fourth-order valence-electron chi connectivity index (χ4n) is 3.43. The van der Waals surface area contributed by atoms with Gasteiger partial charge in [-0.1, -0.05) is 29.5 Å². The minimum absolute atomic E-state index is 0.155. The standard InChI is InChI=1S/C22H16N6O4S/c1-2-32-18-9-8-14(10-17(18)28(30)31)20-15(12-26(25-20)16-6-4-3-5-7-16)11-19-21(29)27-22(33-19)23-13-24-27/h3-13H,2H2,1H3. The number of hydrogen-bond donors (Lipinski definition) is 0. The molecule has 0 aliphatic rings. The summed E-state index contributed by atoms with van der Waals surface area (Å²) in [6, 6.07) is 14.2. The van der Waals surface area contributed by atoms with Crippen molar-refractivity contribution in [2.75, 3.05) is 6.61 Å². The number of thiazole rings is 1. The quantitative estimate of drug-likeness (QED) is 0.282. The average Bonchev–Trinajstić information content (AvgIpc) is 3.52. The molecule has 33 heavy (non-hydrogen) atoms. The van der Waals surface area contributed by atoms with Crippen LogP contribution in [-0.4, -0.2) is 35.9 Å². The summed E-state index contributed by atoms with van der Waals surface area (Å²) in [5, 5.41) is 20.3. The summed E-state index contributed by atoms with van der Waals surface area (Å²) in [7, 11) is 0. The van der Waals surface area contributed by atoms with Crippen LogP contribution in [0.5, 0.6) is 5.75 Å². The van der Waals surface area contributed by atoms with E-state index < -0.39 is 4.92 Å². The maximum atomic E-state index is 12.7. The molecule has 0 atom stereocenters. The Hall–Kier alpha value is -4.38. The Bertz CT molecular complexity index is 1590. The van der Waals surface area contributed by atoms with Crippen molar-refractivity contribution in [2.24, 2.45) is 0 Å². The average molecular weight is 460 g/mol. The molecule has 0 saturated heterocycles. The van der Waals surface area contributed by atoms with Crippen molar-refractivity contribution in [1.29, 1.82) is 0 Å². The molecule has 10 nitrogen and oxygen atoms in total. The summed E-state index contributed by atoms with van der Waals surface area (Å²) in [6.45, 7) is 2.07. The summed E-state index contributed by atoms with van der Waals surface area (Å²) in [5.74, 6) is 0.187. The van der Waals surface area contributed by atoms with Gasteiger partial charge < -0.3 is 4.74 Å². The van der Waals surface area contributed by atoms with E-state index >= 15 is 0 Å². The van der Waals surface area contributed by atoms with Crippen molar-refractivity contribution < 1.29 is 9.66 Å². The third kappa shape index (κ3) is 3.74. The normalized spacial score (nSPS) is 11.8. The Morgan fingerprint density at radius 3 is 2.76 bits per heavy atom. The van der Waals surface area contributed by atoms with Gasteiger partial charge in [0.2, 0.25) is 4.96 Å². The number of nitro groups is 1. The summed E-state index contributed by atoms with van der Waals surface area (Å²) in [5.41, 5.74) is 2.01. The number of para-hydroxylation sites is 1. The second-order valence-electron chi connectivity index (χ2n) is 6.96. The second kappa shape index (κ2) is 8.28. The van der Waals surface area contributed by atoms with E-state index in [0.29, 0.717) is 32.9 Å². The first-order valence-corrected chi connectivity index (χ1v) is 10.8. The number of aromatic nitrogens is 5. The molecule has 0 radical (unpaired) electrons. The molecule has 11 heteroatoms. The Labute approximate surface area is 190 Å². The van der Waals surface area contributed by atoms with Crippen LogP contribution in [0.15, 0.2) is 65.8 Å². The minimum Gasteiger partial charge on any atom is -0.487 e. The van der Waals surface area contributed by atoms with E-state index in [1.165, 1.54) is 28.2 Å². The van der Waals surface area contributed by atoms with E-state index in [-0.39, 0.29) is 17.0 Å². The molecule has 0 aliphatic carbocycles. The van der Waals surface area contributed by atoms with Gasteiger partial charge in [-0.2, -0.15) is 14.7 Å². The largest absolute Gasteiger partial charge is 0.487 e. The molecule has 164 valence electrons. The maximum absolute atomic E-state index is 12.7. The van der Waals surface area contributed by atoms with E-state index in [0.717, 1.165) is 5.69 Å². The van der Waals surface area contributed by atoms with Crippen molar-refractivity contribution in [3.8, 4) is 22.7 Å². The number of rotatable bonds is 6. The van der Waals surface area contributed by atoms with Crippen molar-refractivity contribution in [2.45, 2.75) is 6.92 Å². The topological polar surface area (TPSA) is 117 Å². The van der Waals surface area contributed by atoms with Crippen molar-refractivity contribution in [1.82, 2.24) is 24.4 Å². The van der Waals surface area contributed by atoms with Gasteiger partial charge in [-0.05, 0) is 37.3 Å². The number of nitrogens with zero attached hydrogens (tertiary/aromatic N) is 6. The summed E-state index contributed by atoms with van der Waals surface area (Å²) < 4.78 is 8.74. The third-order valence-corrected chi connectivity index (χ3v) is 5.87. The van der Waals surface area contributed by atoms with Gasteiger partial charge in [0.1, 0.15) is 12.0 Å². The van der Waals surface area contributed by atoms with E-state index in [4.69, 9.17) is 4.74 Å². The minimum atomic E-state index is -0.484. The van der Waals surface area contributed by atoms with Crippen LogP contribution in [0, 0.1) is 10.1 Å². The van der Waals surface area contributed by atoms with Gasteiger partial charge in [-0.25, -0.2) is 9.67 Å². The van der Waals surface area contributed by atoms with Gasteiger partial charge >= 0.3 is 5.69 Å². The van der Waals surface area contributed by atoms with Crippen LogP contribution in [-0.2, 0) is 0 Å². The molecule has 0 saturated carbocycles. The van der Waals surface area contributed by atoms with E-state index in [1.54, 1.807) is 36.0 Å². The molecule has 2 aromatic carbocycles. The number of fused-ring (bicyclic) bond motifs is 1. The Balaban J connectivity index is 1.72. The van der Waals surface area contributed by atoms with Gasteiger partial charge in [0.15, 0.2) is 5.75 Å². The molecule has 5 aromatic rings. The molecule has 3 aromatic heterocycles. The van der Waals surface area contributed by atoms with Gasteiger partial charge in [-0.15, -0.1) is 0 Å². The van der Waals surface area contributed by atoms with E-state index in [1.807, 2.05) is 30.3 Å². The number of hydrogen-bond acceptors (Lipinski definition) is 8. The monoisotopic (exact) mass is 460 g/mol. The summed E-state index contributed by atoms with van der Waals surface area (Å²) >= 11 is 1.21. The molecule has 3 heterocycles. The van der Waals surface area contributed by atoms with Crippen LogP contribution in [0.2, 0.25) is 0 Å². The number of benzene rings is 2. The van der Waals surface area contributed by atoms with Crippen LogP contribution in [0.4, 0.5) is 5.69 Å². The highest BCUT2D eigenvalue weighted by Crippen LogP contribution is 2.33. The van der Waals surface area contributed by atoms with Crippen molar-refractivity contribution in [3.63, 3.8) is 0 Å². The SMILES string of the molecule is CCOc1ccc(-c2nn(-c3ccccc3)cc2C=c2sc3ncnn3c2=O)cc1[N+](=O)[O-]. The molecular weight excluding hydrogens is 444 g/mol. The van der Waals surface area contributed by atoms with Gasteiger partial charge in [0.05, 0.1) is 21.7 Å². The van der Waals surface area contributed by atoms with Crippen LogP contribution in [0.25, 0.3) is 28.0 Å². The highest BCUT2D eigenvalue weighted by molar-refractivity contribution is 7.15. The first-order chi connectivity index (χ1) is 16.0. The predicted octanol–water partition coefficient (Wildman–Crippen LogP) is 2.86. The number of ether oxygens (including phenoxy) is 1. The maximum Gasteiger partial charge on any atom is 0.311 e. The highest BCUT2D eigenvalue weighted by atomic mass is 32.1. The molecule has 5 rings (SSSR count). The lowest BCUT2D eigenvalue weighted by atomic mass is 10.1. The zero-order chi connectivity index (χ0) is 22.9. The Morgan fingerprint density at radius 1 is 1.21 bits per heavy atom. The second-order valence-corrected chi connectivity index (χ2v) is 7.97. The van der Waals surface area contributed by atoms with Crippen LogP contribution in [0.1, 0.15) is 12.5 Å². The van der Waals surface area contributed by atoms with Gasteiger partial charge in [0.25, 0.3) is 5.56 Å². The zero-order valence-electron chi connectivity index (χ0n) is 17.3. The Kier molecular flexibility index (Phi) is 5.15.